The molecule has 4 aromatic rings. The van der Waals surface area contributed by atoms with Crippen LogP contribution in [0.25, 0.3) is 16.3 Å². The van der Waals surface area contributed by atoms with Crippen LogP contribution in [0.3, 0.4) is 0 Å². The number of hydrogen-bond acceptors (Lipinski definition) is 7. The molecule has 0 bridgehead atoms. The van der Waals surface area contributed by atoms with Crippen LogP contribution < -0.4 is 5.56 Å². The fourth-order valence-corrected chi connectivity index (χ4v) is 4.45. The van der Waals surface area contributed by atoms with Gasteiger partial charge in [0.1, 0.15) is 5.01 Å². The molecule has 4 rings (SSSR count). The van der Waals surface area contributed by atoms with E-state index in [4.69, 9.17) is 11.6 Å². The van der Waals surface area contributed by atoms with Crippen molar-refractivity contribution in [2.24, 2.45) is 0 Å². The Morgan fingerprint density at radius 3 is 2.74 bits per heavy atom. The third-order valence-corrected chi connectivity index (χ3v) is 5.96. The molecule has 3 heterocycles. The first kappa shape index (κ1) is 18.1. The molecule has 0 aliphatic carbocycles. The minimum absolute atomic E-state index is 0.168. The van der Waals surface area contributed by atoms with Gasteiger partial charge in [-0.1, -0.05) is 34.7 Å². The van der Waals surface area contributed by atoms with Crippen LogP contribution in [0.1, 0.15) is 17.6 Å². The highest BCUT2D eigenvalue weighted by molar-refractivity contribution is 7.98. The van der Waals surface area contributed by atoms with Gasteiger partial charge in [0, 0.05) is 29.0 Å². The molecule has 10 heteroatoms. The Balaban J connectivity index is 1.60. The molecule has 138 valence electrons. The van der Waals surface area contributed by atoms with Crippen molar-refractivity contribution < 1.29 is 0 Å². The van der Waals surface area contributed by atoms with E-state index in [0.717, 1.165) is 28.1 Å². The maximum atomic E-state index is 12.2. The lowest BCUT2D eigenvalue weighted by molar-refractivity contribution is 0.687. The Kier molecular flexibility index (Phi) is 4.98. The van der Waals surface area contributed by atoms with E-state index in [2.05, 4.69) is 20.3 Å². The zero-order chi connectivity index (χ0) is 19.0. The van der Waals surface area contributed by atoms with E-state index in [-0.39, 0.29) is 5.56 Å². The molecule has 0 atom stereocenters. The zero-order valence-electron chi connectivity index (χ0n) is 14.6. The Morgan fingerprint density at radius 1 is 1.22 bits per heavy atom. The van der Waals surface area contributed by atoms with E-state index >= 15 is 0 Å². The fourth-order valence-electron chi connectivity index (χ4n) is 2.66. The lowest BCUT2D eigenvalue weighted by Crippen LogP contribution is -2.15. The molecule has 27 heavy (non-hydrogen) atoms. The van der Waals surface area contributed by atoms with Gasteiger partial charge < -0.3 is 4.57 Å². The van der Waals surface area contributed by atoms with Crippen molar-refractivity contribution in [1.82, 2.24) is 29.4 Å². The van der Waals surface area contributed by atoms with Crippen LogP contribution >= 0.6 is 34.7 Å². The van der Waals surface area contributed by atoms with Crippen molar-refractivity contribution in [3.8, 4) is 11.4 Å². The summed E-state index contributed by atoms with van der Waals surface area (Å²) in [6, 6.07) is 9.04. The second-order valence-corrected chi connectivity index (χ2v) is 8.29. The molecular weight excluding hydrogens is 404 g/mol. The van der Waals surface area contributed by atoms with E-state index in [9.17, 15) is 4.79 Å². The van der Waals surface area contributed by atoms with Crippen molar-refractivity contribution in [1.29, 1.82) is 0 Å². The first-order valence-electron chi connectivity index (χ1n) is 8.23. The maximum absolute atomic E-state index is 12.2. The van der Waals surface area contributed by atoms with Gasteiger partial charge in [0.25, 0.3) is 5.56 Å². The summed E-state index contributed by atoms with van der Waals surface area (Å²) in [4.78, 5) is 17.3. The molecule has 0 fully saturated rings. The number of benzene rings is 1. The molecule has 0 spiro atoms. The zero-order valence-corrected chi connectivity index (χ0v) is 17.0. The molecular formula is C17H15ClN6OS2. The topological polar surface area (TPSA) is 78.0 Å². The fraction of sp³-hybridized carbons (Fsp3) is 0.235. The van der Waals surface area contributed by atoms with E-state index in [1.807, 2.05) is 42.7 Å². The van der Waals surface area contributed by atoms with Crippen LogP contribution in [0.4, 0.5) is 0 Å². The number of hydrogen-bond donors (Lipinski definition) is 0. The number of aryl methyl sites for hydroxylation is 1. The average molecular weight is 419 g/mol. The normalized spacial score (nSPS) is 11.4. The van der Waals surface area contributed by atoms with Crippen molar-refractivity contribution in [2.45, 2.75) is 31.3 Å². The van der Waals surface area contributed by atoms with Crippen LogP contribution in [-0.2, 0) is 12.3 Å². The van der Waals surface area contributed by atoms with Gasteiger partial charge in [0.15, 0.2) is 11.0 Å². The summed E-state index contributed by atoms with van der Waals surface area (Å²) in [5.41, 5.74) is 1.49. The van der Waals surface area contributed by atoms with E-state index < -0.39 is 0 Å². The Bertz CT molecular complexity index is 1160. The van der Waals surface area contributed by atoms with E-state index in [0.29, 0.717) is 21.4 Å². The third-order valence-electron chi connectivity index (χ3n) is 3.88. The summed E-state index contributed by atoms with van der Waals surface area (Å²) in [6.45, 7) is 4.63. The molecule has 0 aliphatic heterocycles. The third kappa shape index (κ3) is 3.62. The summed E-state index contributed by atoms with van der Waals surface area (Å²) in [5.74, 6) is 1.32. The second kappa shape index (κ2) is 7.41. The number of halogens is 1. The van der Waals surface area contributed by atoms with Gasteiger partial charge in [-0.05, 0) is 38.1 Å². The molecule has 0 saturated carbocycles. The minimum atomic E-state index is -0.168. The lowest BCUT2D eigenvalue weighted by atomic mass is 10.2. The van der Waals surface area contributed by atoms with Crippen LogP contribution in [0, 0.1) is 6.92 Å². The van der Waals surface area contributed by atoms with Crippen LogP contribution in [0.15, 0.2) is 40.3 Å². The average Bonchev–Trinajstić information content (AvgIpc) is 3.23. The van der Waals surface area contributed by atoms with Crippen molar-refractivity contribution in [2.75, 3.05) is 0 Å². The first-order chi connectivity index (χ1) is 13.0. The summed E-state index contributed by atoms with van der Waals surface area (Å²) >= 11 is 8.87. The summed E-state index contributed by atoms with van der Waals surface area (Å²) in [5, 5.41) is 15.1. The Labute approximate surface area is 168 Å². The summed E-state index contributed by atoms with van der Waals surface area (Å²) < 4.78 is 3.37. The molecule has 0 amide bonds. The first-order valence-corrected chi connectivity index (χ1v) is 10.4. The van der Waals surface area contributed by atoms with Gasteiger partial charge in [-0.2, -0.15) is 9.61 Å². The van der Waals surface area contributed by atoms with Crippen molar-refractivity contribution in [3.63, 3.8) is 0 Å². The lowest BCUT2D eigenvalue weighted by Gasteiger charge is -2.07. The predicted octanol–water partition coefficient (Wildman–Crippen LogP) is 3.68. The largest absolute Gasteiger partial charge is 0.302 e. The van der Waals surface area contributed by atoms with Crippen LogP contribution in [-0.4, -0.2) is 29.4 Å². The molecule has 7 nitrogen and oxygen atoms in total. The van der Waals surface area contributed by atoms with Gasteiger partial charge in [-0.3, -0.25) is 4.79 Å². The predicted molar refractivity (Wildman–Crippen MR) is 108 cm³/mol. The van der Waals surface area contributed by atoms with Gasteiger partial charge in [-0.15, -0.1) is 10.2 Å². The maximum Gasteiger partial charge on any atom is 0.275 e. The molecule has 3 aromatic heterocycles. The summed E-state index contributed by atoms with van der Waals surface area (Å²) in [7, 11) is 0. The van der Waals surface area contributed by atoms with Crippen LogP contribution in [0.2, 0.25) is 5.02 Å². The second-order valence-electron chi connectivity index (χ2n) is 5.75. The summed E-state index contributed by atoms with van der Waals surface area (Å²) in [6.07, 6.45) is 0. The Morgan fingerprint density at radius 2 is 2.00 bits per heavy atom. The number of thioether (sulfide) groups is 1. The number of nitrogens with zero attached hydrogens (tertiary/aromatic N) is 6. The Hall–Kier alpha value is -2.23. The molecule has 0 unspecified atom stereocenters. The van der Waals surface area contributed by atoms with E-state index in [1.54, 1.807) is 0 Å². The molecule has 0 radical (unpaired) electrons. The minimum Gasteiger partial charge on any atom is -0.302 e. The van der Waals surface area contributed by atoms with Gasteiger partial charge in [0.2, 0.25) is 4.96 Å². The van der Waals surface area contributed by atoms with Gasteiger partial charge >= 0.3 is 0 Å². The monoisotopic (exact) mass is 418 g/mol. The number of fused-ring (bicyclic) bond motifs is 1. The van der Waals surface area contributed by atoms with E-state index in [1.165, 1.54) is 33.7 Å². The molecule has 0 N–H and O–H groups in total. The highest BCUT2D eigenvalue weighted by atomic mass is 35.5. The van der Waals surface area contributed by atoms with Crippen molar-refractivity contribution in [3.05, 3.63) is 56.4 Å². The quantitative estimate of drug-likeness (QED) is 0.460. The van der Waals surface area contributed by atoms with Gasteiger partial charge in [0.05, 0.1) is 5.69 Å². The number of aromatic nitrogens is 6. The molecule has 0 saturated heterocycles. The molecule has 1 aromatic carbocycles. The highest BCUT2D eigenvalue weighted by Crippen LogP contribution is 2.26. The standard InChI is InChI=1S/C17H15ClN6OS2/c1-3-23-15(11-4-6-12(18)7-5-11)20-21-17(23)26-9-13-8-14(25)24-16(19-13)27-10(2)22-24/h4-8H,3,9H2,1-2H3. The SMILES string of the molecule is CCn1c(SCc2cc(=O)n3nc(C)sc3n2)nnc1-c1ccc(Cl)cc1. The highest BCUT2D eigenvalue weighted by Gasteiger charge is 2.14. The number of rotatable bonds is 5. The van der Waals surface area contributed by atoms with Crippen LogP contribution in [0.5, 0.6) is 0 Å². The van der Waals surface area contributed by atoms with Crippen molar-refractivity contribution >= 4 is 39.7 Å². The van der Waals surface area contributed by atoms with Gasteiger partial charge in [-0.25, -0.2) is 4.98 Å². The molecule has 0 aliphatic rings. The smallest absolute Gasteiger partial charge is 0.275 e.